The molecule has 0 saturated carbocycles. The van der Waals surface area contributed by atoms with Crippen LogP contribution in [-0.4, -0.2) is 55.8 Å². The molecule has 23 heavy (non-hydrogen) atoms. The van der Waals surface area contributed by atoms with Crippen molar-refractivity contribution < 1.29 is 9.59 Å². The Hall–Kier alpha value is -2.40. The maximum Gasteiger partial charge on any atom is 0.241 e. The van der Waals surface area contributed by atoms with Crippen LogP contribution in [0.15, 0.2) is 42.5 Å². The van der Waals surface area contributed by atoms with Crippen LogP contribution < -0.4 is 5.32 Å². The van der Waals surface area contributed by atoms with E-state index >= 15 is 0 Å². The van der Waals surface area contributed by atoms with Crippen molar-refractivity contribution in [2.75, 3.05) is 34.2 Å². The predicted molar refractivity (Wildman–Crippen MR) is 92.0 cm³/mol. The van der Waals surface area contributed by atoms with Crippen LogP contribution in [0.25, 0.3) is 10.8 Å². The highest BCUT2D eigenvalue weighted by Gasteiger charge is 2.10. The van der Waals surface area contributed by atoms with Gasteiger partial charge in [0.1, 0.15) is 0 Å². The first-order valence-electron chi connectivity index (χ1n) is 7.59. The van der Waals surface area contributed by atoms with Gasteiger partial charge >= 0.3 is 0 Å². The summed E-state index contributed by atoms with van der Waals surface area (Å²) in [5.74, 6) is -0.265. The van der Waals surface area contributed by atoms with Crippen LogP contribution in [0.5, 0.6) is 0 Å². The first-order valence-corrected chi connectivity index (χ1v) is 7.59. The summed E-state index contributed by atoms with van der Waals surface area (Å²) in [6.07, 6.45) is 0. The molecule has 0 unspecified atom stereocenters. The number of hydrogen-bond acceptors (Lipinski definition) is 3. The molecule has 1 N–H and O–H groups in total. The van der Waals surface area contributed by atoms with Gasteiger partial charge in [0.2, 0.25) is 11.8 Å². The highest BCUT2D eigenvalue weighted by molar-refractivity contribution is 5.85. The highest BCUT2D eigenvalue weighted by atomic mass is 16.2. The summed E-state index contributed by atoms with van der Waals surface area (Å²) in [5, 5.41) is 5.04. The maximum atomic E-state index is 11.9. The Morgan fingerprint density at radius 3 is 2.39 bits per heavy atom. The van der Waals surface area contributed by atoms with E-state index in [9.17, 15) is 9.59 Å². The number of carbonyl (C=O) groups excluding carboxylic acids is 2. The molecule has 2 rings (SSSR count). The number of amides is 2. The van der Waals surface area contributed by atoms with Crippen LogP contribution in [0, 0.1) is 0 Å². The molecule has 0 bridgehead atoms. The summed E-state index contributed by atoms with van der Waals surface area (Å²) in [6.45, 7) is 0.975. The molecule has 0 aliphatic rings. The molecule has 0 aliphatic carbocycles. The molecule has 0 fully saturated rings. The number of hydrogen-bond donors (Lipinski definition) is 1. The molecule has 2 aromatic rings. The predicted octanol–water partition coefficient (Wildman–Crippen LogP) is 1.48. The first-order chi connectivity index (χ1) is 11.0. The van der Waals surface area contributed by atoms with Gasteiger partial charge in [-0.15, -0.1) is 0 Å². The van der Waals surface area contributed by atoms with E-state index in [1.165, 1.54) is 15.7 Å². The van der Waals surface area contributed by atoms with Gasteiger partial charge in [0.25, 0.3) is 0 Å². The summed E-state index contributed by atoms with van der Waals surface area (Å²) in [7, 11) is 5.23. The lowest BCUT2D eigenvalue weighted by Gasteiger charge is -2.17. The maximum absolute atomic E-state index is 11.9. The van der Waals surface area contributed by atoms with Crippen LogP contribution >= 0.6 is 0 Å². The summed E-state index contributed by atoms with van der Waals surface area (Å²) in [6, 6.07) is 14.5. The van der Waals surface area contributed by atoms with Crippen molar-refractivity contribution in [2.45, 2.75) is 6.54 Å². The SMILES string of the molecule is CN(CC(=O)NCC(=O)N(C)C)Cc1ccc2ccccc2c1. The number of nitrogens with zero attached hydrogens (tertiary/aromatic N) is 2. The molecule has 5 heteroatoms. The Balaban J connectivity index is 1.86. The van der Waals surface area contributed by atoms with Gasteiger partial charge in [-0.1, -0.05) is 36.4 Å². The van der Waals surface area contributed by atoms with E-state index in [0.717, 1.165) is 5.56 Å². The third-order valence-corrected chi connectivity index (χ3v) is 3.62. The van der Waals surface area contributed by atoms with Gasteiger partial charge in [-0.2, -0.15) is 0 Å². The molecule has 0 aliphatic heterocycles. The Kier molecular flexibility index (Phi) is 5.71. The van der Waals surface area contributed by atoms with Gasteiger partial charge in [-0.05, 0) is 29.4 Å². The number of rotatable bonds is 6. The minimum atomic E-state index is -0.150. The molecule has 0 spiro atoms. The molecule has 2 aromatic carbocycles. The van der Waals surface area contributed by atoms with Crippen molar-refractivity contribution in [3.8, 4) is 0 Å². The number of fused-ring (bicyclic) bond motifs is 1. The quantitative estimate of drug-likeness (QED) is 0.879. The molecule has 0 saturated heterocycles. The van der Waals surface area contributed by atoms with E-state index in [2.05, 4.69) is 35.6 Å². The minimum Gasteiger partial charge on any atom is -0.347 e. The van der Waals surface area contributed by atoms with Gasteiger partial charge in [-0.25, -0.2) is 0 Å². The zero-order valence-corrected chi connectivity index (χ0v) is 13.9. The Morgan fingerprint density at radius 2 is 1.70 bits per heavy atom. The molecule has 0 heterocycles. The van der Waals surface area contributed by atoms with Gasteiger partial charge in [0.05, 0.1) is 13.1 Å². The number of nitrogens with one attached hydrogen (secondary N) is 1. The fraction of sp³-hybridized carbons (Fsp3) is 0.333. The molecular weight excluding hydrogens is 290 g/mol. The van der Waals surface area contributed by atoms with Crippen LogP contribution in [0.3, 0.4) is 0 Å². The van der Waals surface area contributed by atoms with Gasteiger partial charge in [0.15, 0.2) is 0 Å². The third-order valence-electron chi connectivity index (χ3n) is 3.62. The van der Waals surface area contributed by atoms with Gasteiger partial charge < -0.3 is 10.2 Å². The number of likely N-dealkylation sites (N-methyl/N-ethyl adjacent to an activating group) is 2. The molecule has 0 radical (unpaired) electrons. The average molecular weight is 313 g/mol. The summed E-state index contributed by atoms with van der Waals surface area (Å²) in [4.78, 5) is 26.7. The van der Waals surface area contributed by atoms with E-state index in [1.807, 2.05) is 24.1 Å². The second kappa shape index (κ2) is 7.74. The van der Waals surface area contributed by atoms with Crippen LogP contribution in [0.2, 0.25) is 0 Å². The summed E-state index contributed by atoms with van der Waals surface area (Å²) >= 11 is 0. The topological polar surface area (TPSA) is 52.7 Å². The Bertz CT molecular complexity index is 697. The van der Waals surface area contributed by atoms with E-state index in [0.29, 0.717) is 6.54 Å². The number of carbonyl (C=O) groups is 2. The highest BCUT2D eigenvalue weighted by Crippen LogP contribution is 2.16. The largest absolute Gasteiger partial charge is 0.347 e. The van der Waals surface area contributed by atoms with Crippen molar-refractivity contribution in [2.24, 2.45) is 0 Å². The fourth-order valence-corrected chi connectivity index (χ4v) is 2.34. The average Bonchev–Trinajstić information content (AvgIpc) is 2.52. The number of benzene rings is 2. The third kappa shape index (κ3) is 5.07. The minimum absolute atomic E-state index is 0.0373. The second-order valence-electron chi connectivity index (χ2n) is 5.92. The van der Waals surface area contributed by atoms with Crippen molar-refractivity contribution in [3.63, 3.8) is 0 Å². The Morgan fingerprint density at radius 1 is 1.00 bits per heavy atom. The Labute approximate surface area is 136 Å². The van der Waals surface area contributed by atoms with Crippen molar-refractivity contribution in [1.82, 2.24) is 15.1 Å². The first kappa shape index (κ1) is 17.0. The summed E-state index contributed by atoms with van der Waals surface area (Å²) in [5.41, 5.74) is 1.16. The lowest BCUT2D eigenvalue weighted by molar-refractivity contribution is -0.131. The summed E-state index contributed by atoms with van der Waals surface area (Å²) < 4.78 is 0. The smallest absolute Gasteiger partial charge is 0.241 e. The molecular formula is C18H23N3O2. The standard InChI is InChI=1S/C18H23N3O2/c1-20(2)18(23)11-19-17(22)13-21(3)12-14-8-9-15-6-4-5-7-16(15)10-14/h4-10H,11-13H2,1-3H3,(H,19,22). The lowest BCUT2D eigenvalue weighted by atomic mass is 10.1. The monoisotopic (exact) mass is 313 g/mol. The van der Waals surface area contributed by atoms with Crippen molar-refractivity contribution in [1.29, 1.82) is 0 Å². The van der Waals surface area contributed by atoms with E-state index < -0.39 is 0 Å². The molecule has 5 nitrogen and oxygen atoms in total. The van der Waals surface area contributed by atoms with E-state index in [-0.39, 0.29) is 24.9 Å². The molecule has 0 atom stereocenters. The van der Waals surface area contributed by atoms with Crippen LogP contribution in [-0.2, 0) is 16.1 Å². The van der Waals surface area contributed by atoms with E-state index in [1.54, 1.807) is 14.1 Å². The zero-order valence-electron chi connectivity index (χ0n) is 13.9. The van der Waals surface area contributed by atoms with Crippen molar-refractivity contribution in [3.05, 3.63) is 48.0 Å². The lowest BCUT2D eigenvalue weighted by Crippen LogP contribution is -2.40. The van der Waals surface area contributed by atoms with Crippen LogP contribution in [0.1, 0.15) is 5.56 Å². The van der Waals surface area contributed by atoms with Gasteiger partial charge in [0, 0.05) is 20.6 Å². The normalized spacial score (nSPS) is 10.8. The van der Waals surface area contributed by atoms with Crippen LogP contribution in [0.4, 0.5) is 0 Å². The molecule has 0 aromatic heterocycles. The van der Waals surface area contributed by atoms with Crippen molar-refractivity contribution >= 4 is 22.6 Å². The van der Waals surface area contributed by atoms with E-state index in [4.69, 9.17) is 0 Å². The molecule has 2 amide bonds. The zero-order chi connectivity index (χ0) is 16.8. The molecule has 122 valence electrons. The fourth-order valence-electron chi connectivity index (χ4n) is 2.34. The second-order valence-corrected chi connectivity index (χ2v) is 5.92. The van der Waals surface area contributed by atoms with Gasteiger partial charge in [-0.3, -0.25) is 14.5 Å².